The number of rotatable bonds is 11. The highest BCUT2D eigenvalue weighted by atomic mass is 16.4. The summed E-state index contributed by atoms with van der Waals surface area (Å²) < 4.78 is 0. The number of aromatic carboxylic acids is 1. The first-order chi connectivity index (χ1) is 20.0. The average Bonchev–Trinajstić information content (AvgIpc) is 2.97. The van der Waals surface area contributed by atoms with Crippen LogP contribution in [0.15, 0.2) is 103 Å². The maximum Gasteiger partial charge on any atom is 0.336 e. The van der Waals surface area contributed by atoms with Gasteiger partial charge in [0.1, 0.15) is 0 Å². The van der Waals surface area contributed by atoms with Crippen molar-refractivity contribution in [1.82, 2.24) is 5.32 Å². The zero-order chi connectivity index (χ0) is 30.4. The summed E-state index contributed by atoms with van der Waals surface area (Å²) in [5.74, 6) is -0.490. The summed E-state index contributed by atoms with van der Waals surface area (Å²) in [6.45, 7) is 15.3. The zero-order valence-corrected chi connectivity index (χ0v) is 25.4. The van der Waals surface area contributed by atoms with E-state index in [9.17, 15) is 9.90 Å². The maximum absolute atomic E-state index is 11.7. The summed E-state index contributed by atoms with van der Waals surface area (Å²) in [6.07, 6.45) is 1.88. The monoisotopic (exact) mass is 558 g/mol. The normalized spacial score (nSPS) is 12.3. The smallest absolute Gasteiger partial charge is 0.336 e. The Kier molecular flexibility index (Phi) is 9.69. The predicted molar refractivity (Wildman–Crippen MR) is 177 cm³/mol. The highest BCUT2D eigenvalue weighted by Crippen LogP contribution is 2.30. The van der Waals surface area contributed by atoms with Gasteiger partial charge in [-0.2, -0.15) is 0 Å². The highest BCUT2D eigenvalue weighted by Gasteiger charge is 2.15. The summed E-state index contributed by atoms with van der Waals surface area (Å²) in [5.41, 5.74) is 18.2. The van der Waals surface area contributed by atoms with Gasteiger partial charge in [-0.05, 0) is 115 Å². The molecule has 0 amide bonds. The van der Waals surface area contributed by atoms with Gasteiger partial charge in [-0.25, -0.2) is 4.79 Å². The Morgan fingerprint density at radius 3 is 2.17 bits per heavy atom. The van der Waals surface area contributed by atoms with Gasteiger partial charge in [0.25, 0.3) is 0 Å². The van der Waals surface area contributed by atoms with Crippen molar-refractivity contribution in [2.45, 2.75) is 53.5 Å². The molecule has 0 fully saturated rings. The van der Waals surface area contributed by atoms with Crippen LogP contribution in [0.1, 0.15) is 78.8 Å². The summed E-state index contributed by atoms with van der Waals surface area (Å²) >= 11 is 0. The van der Waals surface area contributed by atoms with E-state index in [4.69, 9.17) is 5.73 Å². The standard InChI is InChI=1S/C38H42N2O2/c1-24(2)26(4)37-23-32(28(6)40-27(5)30-17-19-34(39)20-18-30)15-16-33(37)22-25(3)21-29-11-13-31(14-12-29)35-9-7-8-10-36(35)38(41)42/h7-20,23,25,27,40H,6,21-22,39H2,1-5H3,(H,41,42)/t25?,27-/m0/s1. The summed E-state index contributed by atoms with van der Waals surface area (Å²) in [5, 5.41) is 13.1. The Morgan fingerprint density at radius 2 is 1.52 bits per heavy atom. The van der Waals surface area contributed by atoms with Crippen molar-refractivity contribution in [3.8, 4) is 11.1 Å². The highest BCUT2D eigenvalue weighted by molar-refractivity contribution is 5.96. The summed E-state index contributed by atoms with van der Waals surface area (Å²) in [4.78, 5) is 11.7. The fourth-order valence-electron chi connectivity index (χ4n) is 5.36. The lowest BCUT2D eigenvalue weighted by molar-refractivity contribution is 0.0697. The number of allylic oxidation sites excluding steroid dienone is 2. The number of carboxylic acids is 1. The molecule has 0 spiro atoms. The molecule has 0 heterocycles. The van der Waals surface area contributed by atoms with Gasteiger partial charge in [0.05, 0.1) is 5.56 Å². The largest absolute Gasteiger partial charge is 0.478 e. The molecule has 2 atom stereocenters. The molecule has 4 heteroatoms. The van der Waals surface area contributed by atoms with Crippen LogP contribution in [-0.2, 0) is 12.8 Å². The fraction of sp³-hybridized carbons (Fsp3) is 0.237. The van der Waals surface area contributed by atoms with Crippen molar-refractivity contribution < 1.29 is 9.90 Å². The van der Waals surface area contributed by atoms with Crippen LogP contribution < -0.4 is 11.1 Å². The van der Waals surface area contributed by atoms with Crippen molar-refractivity contribution in [3.63, 3.8) is 0 Å². The molecular formula is C38H42N2O2. The van der Waals surface area contributed by atoms with Crippen molar-refractivity contribution in [2.24, 2.45) is 5.92 Å². The van der Waals surface area contributed by atoms with Gasteiger partial charge in [0.2, 0.25) is 0 Å². The molecule has 4 aromatic carbocycles. The minimum Gasteiger partial charge on any atom is -0.478 e. The van der Waals surface area contributed by atoms with Crippen molar-refractivity contribution in [2.75, 3.05) is 5.73 Å². The molecule has 0 bridgehead atoms. The lowest BCUT2D eigenvalue weighted by atomic mass is 9.87. The van der Waals surface area contributed by atoms with Crippen molar-refractivity contribution in [3.05, 3.63) is 137 Å². The van der Waals surface area contributed by atoms with E-state index in [1.165, 1.54) is 27.8 Å². The molecule has 0 saturated heterocycles. The van der Waals surface area contributed by atoms with E-state index in [-0.39, 0.29) is 6.04 Å². The van der Waals surface area contributed by atoms with Gasteiger partial charge in [-0.1, -0.05) is 85.8 Å². The van der Waals surface area contributed by atoms with E-state index in [1.54, 1.807) is 12.1 Å². The van der Waals surface area contributed by atoms with Gasteiger partial charge in [0.15, 0.2) is 0 Å². The third-order valence-corrected chi connectivity index (χ3v) is 8.01. The third-order valence-electron chi connectivity index (χ3n) is 8.01. The molecule has 1 unspecified atom stereocenters. The predicted octanol–water partition coefficient (Wildman–Crippen LogP) is 9.19. The molecule has 0 saturated carbocycles. The van der Waals surface area contributed by atoms with Crippen LogP contribution in [0.5, 0.6) is 0 Å². The Balaban J connectivity index is 1.49. The van der Waals surface area contributed by atoms with Gasteiger partial charge in [-0.15, -0.1) is 0 Å². The van der Waals surface area contributed by atoms with Gasteiger partial charge < -0.3 is 16.2 Å². The van der Waals surface area contributed by atoms with Crippen molar-refractivity contribution >= 4 is 22.9 Å². The SMILES string of the molecule is C=C(N[C@@H](C)c1ccc(N)cc1)c1ccc(CC(C)Cc2ccc(-c3ccccc3C(=O)O)cc2)c(C(C)=C(C)C)c1. The molecule has 0 aliphatic rings. The number of carboxylic acid groups (broad SMARTS) is 1. The maximum atomic E-state index is 11.7. The van der Waals surface area contributed by atoms with E-state index in [1.807, 2.05) is 48.5 Å². The van der Waals surface area contributed by atoms with Crippen molar-refractivity contribution in [1.29, 1.82) is 0 Å². The minimum absolute atomic E-state index is 0.106. The second-order valence-corrected chi connectivity index (χ2v) is 11.6. The number of nitrogens with one attached hydrogen (secondary N) is 1. The Bertz CT molecular complexity index is 1590. The van der Waals surface area contributed by atoms with Crippen LogP contribution in [0.4, 0.5) is 5.69 Å². The zero-order valence-electron chi connectivity index (χ0n) is 25.4. The molecule has 4 rings (SSSR count). The van der Waals surface area contributed by atoms with E-state index in [0.29, 0.717) is 11.5 Å². The van der Waals surface area contributed by atoms with Gasteiger partial charge >= 0.3 is 5.97 Å². The summed E-state index contributed by atoms with van der Waals surface area (Å²) in [6, 6.07) is 30.2. The molecule has 0 radical (unpaired) electrons. The number of nitrogens with two attached hydrogens (primary N) is 1. The molecule has 216 valence electrons. The fourth-order valence-corrected chi connectivity index (χ4v) is 5.36. The third kappa shape index (κ3) is 7.38. The van der Waals surface area contributed by atoms with E-state index in [2.05, 4.69) is 76.8 Å². The van der Waals surface area contributed by atoms with E-state index in [0.717, 1.165) is 46.5 Å². The molecule has 42 heavy (non-hydrogen) atoms. The number of anilines is 1. The molecule has 0 aromatic heterocycles. The average molecular weight is 559 g/mol. The van der Waals surface area contributed by atoms with E-state index < -0.39 is 5.97 Å². The Hall–Kier alpha value is -4.57. The first-order valence-corrected chi connectivity index (χ1v) is 14.5. The van der Waals surface area contributed by atoms with Crippen LogP contribution in [0.3, 0.4) is 0 Å². The van der Waals surface area contributed by atoms with Crippen LogP contribution in [0, 0.1) is 5.92 Å². The Morgan fingerprint density at radius 1 is 0.857 bits per heavy atom. The minimum atomic E-state index is -0.910. The van der Waals surface area contributed by atoms with Gasteiger partial charge in [-0.3, -0.25) is 0 Å². The first-order valence-electron chi connectivity index (χ1n) is 14.5. The lowest BCUT2D eigenvalue weighted by Gasteiger charge is -2.21. The molecule has 0 aliphatic carbocycles. The number of nitrogen functional groups attached to an aromatic ring is 1. The second-order valence-electron chi connectivity index (χ2n) is 11.6. The van der Waals surface area contributed by atoms with Crippen LogP contribution in [0.25, 0.3) is 22.4 Å². The first kappa shape index (κ1) is 30.4. The molecule has 4 aromatic rings. The second kappa shape index (κ2) is 13.4. The molecule has 4 nitrogen and oxygen atoms in total. The molecular weight excluding hydrogens is 516 g/mol. The number of hydrogen-bond donors (Lipinski definition) is 3. The number of benzene rings is 4. The summed E-state index contributed by atoms with van der Waals surface area (Å²) in [7, 11) is 0. The van der Waals surface area contributed by atoms with E-state index >= 15 is 0 Å². The topological polar surface area (TPSA) is 75.3 Å². The Labute approximate surface area is 250 Å². The molecule has 0 aliphatic heterocycles. The van der Waals surface area contributed by atoms with Gasteiger partial charge in [0, 0.05) is 17.4 Å². The lowest BCUT2D eigenvalue weighted by Crippen LogP contribution is -2.17. The number of hydrogen-bond acceptors (Lipinski definition) is 3. The number of carbonyl (C=O) groups is 1. The van der Waals surface area contributed by atoms with Crippen LogP contribution in [0.2, 0.25) is 0 Å². The van der Waals surface area contributed by atoms with Crippen LogP contribution in [-0.4, -0.2) is 11.1 Å². The quantitative estimate of drug-likeness (QED) is 0.160. The molecule has 4 N–H and O–H groups in total. The van der Waals surface area contributed by atoms with Crippen LogP contribution >= 0.6 is 0 Å².